The molecule has 0 spiro atoms. The second-order valence-electron chi connectivity index (χ2n) is 3.72. The van der Waals surface area contributed by atoms with E-state index in [9.17, 15) is 0 Å². The van der Waals surface area contributed by atoms with E-state index in [-0.39, 0.29) is 0 Å². The van der Waals surface area contributed by atoms with E-state index in [4.69, 9.17) is 46.4 Å². The molecule has 0 fully saturated rings. The minimum Gasteiger partial charge on any atom is -0.226 e. The van der Waals surface area contributed by atoms with E-state index >= 15 is 0 Å². The van der Waals surface area contributed by atoms with Gasteiger partial charge in [0, 0.05) is 10.4 Å². The van der Waals surface area contributed by atoms with Crippen LogP contribution in [0.2, 0.25) is 20.2 Å². The zero-order chi connectivity index (χ0) is 13.6. The summed E-state index contributed by atoms with van der Waals surface area (Å²) < 4.78 is 0. The summed E-state index contributed by atoms with van der Waals surface area (Å²) in [6.07, 6.45) is 0. The Hall–Kier alpha value is -0.580. The van der Waals surface area contributed by atoms with E-state index in [0.29, 0.717) is 36.9 Å². The van der Waals surface area contributed by atoms with E-state index in [0.717, 1.165) is 4.88 Å². The third-order valence-electron chi connectivity index (χ3n) is 2.49. The van der Waals surface area contributed by atoms with Crippen LogP contribution in [0.15, 0.2) is 23.6 Å². The quantitative estimate of drug-likeness (QED) is 0.505. The van der Waals surface area contributed by atoms with Gasteiger partial charge in [-0.25, -0.2) is 9.97 Å². The van der Waals surface area contributed by atoms with E-state index in [2.05, 4.69) is 9.97 Å². The van der Waals surface area contributed by atoms with Gasteiger partial charge < -0.3 is 0 Å². The summed E-state index contributed by atoms with van der Waals surface area (Å²) in [6, 6.07) is 5.09. The summed E-state index contributed by atoms with van der Waals surface area (Å²) in [7, 11) is 0. The number of rotatable bonds is 1. The molecule has 0 bridgehead atoms. The average molecular weight is 350 g/mol. The van der Waals surface area contributed by atoms with Crippen LogP contribution in [0.3, 0.4) is 0 Å². The zero-order valence-corrected chi connectivity index (χ0v) is 13.0. The number of nitrogens with zero attached hydrogens (tertiary/aromatic N) is 2. The van der Waals surface area contributed by atoms with Crippen LogP contribution in [0.1, 0.15) is 0 Å². The SMILES string of the molecule is Clc1cc(Cl)c2nc(-c3sccc3Cl)nc(Cl)c2c1. The van der Waals surface area contributed by atoms with Crippen LogP contribution in [-0.4, -0.2) is 9.97 Å². The van der Waals surface area contributed by atoms with Gasteiger partial charge in [-0.05, 0) is 23.6 Å². The second kappa shape index (κ2) is 5.08. The van der Waals surface area contributed by atoms with Crippen molar-refractivity contribution in [1.82, 2.24) is 9.97 Å². The molecule has 7 heteroatoms. The molecule has 0 saturated heterocycles. The highest BCUT2D eigenvalue weighted by molar-refractivity contribution is 7.14. The summed E-state index contributed by atoms with van der Waals surface area (Å²) in [6.45, 7) is 0. The van der Waals surface area contributed by atoms with Crippen LogP contribution in [0.4, 0.5) is 0 Å². The summed E-state index contributed by atoms with van der Waals surface area (Å²) in [5.41, 5.74) is 0.561. The zero-order valence-electron chi connectivity index (χ0n) is 9.12. The first-order valence-electron chi connectivity index (χ1n) is 5.12. The number of fused-ring (bicyclic) bond motifs is 1. The molecule has 3 rings (SSSR count). The van der Waals surface area contributed by atoms with Gasteiger partial charge in [-0.3, -0.25) is 0 Å². The van der Waals surface area contributed by atoms with Gasteiger partial charge in [0.2, 0.25) is 0 Å². The Kier molecular flexibility index (Phi) is 3.58. The molecule has 0 N–H and O–H groups in total. The van der Waals surface area contributed by atoms with Crippen LogP contribution < -0.4 is 0 Å². The van der Waals surface area contributed by atoms with E-state index in [1.807, 2.05) is 5.38 Å². The van der Waals surface area contributed by atoms with Gasteiger partial charge in [0.15, 0.2) is 5.82 Å². The lowest BCUT2D eigenvalue weighted by Gasteiger charge is -2.05. The summed E-state index contributed by atoms with van der Waals surface area (Å²) in [5.74, 6) is 0.460. The second-order valence-corrected chi connectivity index (χ2v) is 6.24. The molecule has 0 aliphatic heterocycles. The Morgan fingerprint density at radius 1 is 0.947 bits per heavy atom. The standard InChI is InChI=1S/C12H4Cl4N2S/c13-5-3-6-9(8(15)4-5)17-12(18-11(6)16)10-7(14)1-2-19-10/h1-4H. The van der Waals surface area contributed by atoms with E-state index in [1.165, 1.54) is 11.3 Å². The van der Waals surface area contributed by atoms with Crippen molar-refractivity contribution < 1.29 is 0 Å². The molecule has 2 heterocycles. The highest BCUT2D eigenvalue weighted by atomic mass is 35.5. The minimum atomic E-state index is 0.300. The lowest BCUT2D eigenvalue weighted by atomic mass is 10.2. The van der Waals surface area contributed by atoms with Crippen LogP contribution in [0, 0.1) is 0 Å². The molecular weight excluding hydrogens is 346 g/mol. The third-order valence-corrected chi connectivity index (χ3v) is 4.62. The number of aromatic nitrogens is 2. The van der Waals surface area contributed by atoms with Crippen LogP contribution in [0.25, 0.3) is 21.6 Å². The van der Waals surface area contributed by atoms with Gasteiger partial charge >= 0.3 is 0 Å². The van der Waals surface area contributed by atoms with Gasteiger partial charge in [-0.1, -0.05) is 46.4 Å². The van der Waals surface area contributed by atoms with Crippen LogP contribution in [0.5, 0.6) is 0 Å². The van der Waals surface area contributed by atoms with Gasteiger partial charge in [0.05, 0.1) is 20.4 Å². The maximum Gasteiger partial charge on any atom is 0.173 e. The van der Waals surface area contributed by atoms with Crippen molar-refractivity contribution in [2.75, 3.05) is 0 Å². The largest absolute Gasteiger partial charge is 0.226 e. The van der Waals surface area contributed by atoms with Crippen molar-refractivity contribution in [3.8, 4) is 10.7 Å². The maximum atomic E-state index is 6.17. The third kappa shape index (κ3) is 2.41. The maximum absolute atomic E-state index is 6.17. The smallest absolute Gasteiger partial charge is 0.173 e. The molecular formula is C12H4Cl4N2S. The Labute approximate surface area is 132 Å². The molecule has 96 valence electrons. The lowest BCUT2D eigenvalue weighted by molar-refractivity contribution is 1.24. The summed E-state index contributed by atoms with van der Waals surface area (Å²) in [5, 5.41) is 4.29. The molecule has 0 amide bonds. The fourth-order valence-electron chi connectivity index (χ4n) is 1.68. The molecule has 0 atom stereocenters. The van der Waals surface area contributed by atoms with Crippen molar-refractivity contribution in [1.29, 1.82) is 0 Å². The molecule has 1 aromatic carbocycles. The molecule has 2 nitrogen and oxygen atoms in total. The minimum absolute atomic E-state index is 0.300. The van der Waals surface area contributed by atoms with Crippen molar-refractivity contribution in [3.63, 3.8) is 0 Å². The fraction of sp³-hybridized carbons (Fsp3) is 0. The van der Waals surface area contributed by atoms with Gasteiger partial charge in [-0.2, -0.15) is 0 Å². The summed E-state index contributed by atoms with van der Waals surface area (Å²) >= 11 is 25.8. The number of hydrogen-bond acceptors (Lipinski definition) is 3. The molecule has 0 aliphatic carbocycles. The van der Waals surface area contributed by atoms with Gasteiger partial charge in [-0.15, -0.1) is 11.3 Å². The van der Waals surface area contributed by atoms with Crippen LogP contribution >= 0.6 is 57.7 Å². The molecule has 0 unspecified atom stereocenters. The first-order valence-corrected chi connectivity index (χ1v) is 7.51. The Balaban J connectivity index is 2.34. The van der Waals surface area contributed by atoms with Crippen molar-refractivity contribution >= 4 is 68.6 Å². The molecule has 0 saturated carbocycles. The number of thiophene rings is 1. The topological polar surface area (TPSA) is 25.8 Å². The number of hydrogen-bond donors (Lipinski definition) is 0. The summed E-state index contributed by atoms with van der Waals surface area (Å²) in [4.78, 5) is 9.43. The highest BCUT2D eigenvalue weighted by Gasteiger charge is 2.14. The normalized spacial score (nSPS) is 11.2. The molecule has 0 aliphatic rings. The van der Waals surface area contributed by atoms with Gasteiger partial charge in [0.25, 0.3) is 0 Å². The molecule has 19 heavy (non-hydrogen) atoms. The monoisotopic (exact) mass is 348 g/mol. The lowest BCUT2D eigenvalue weighted by Crippen LogP contribution is -1.91. The molecule has 3 aromatic rings. The number of halogens is 4. The van der Waals surface area contributed by atoms with Gasteiger partial charge in [0.1, 0.15) is 5.15 Å². The van der Waals surface area contributed by atoms with Crippen molar-refractivity contribution in [2.45, 2.75) is 0 Å². The first-order chi connectivity index (χ1) is 9.06. The van der Waals surface area contributed by atoms with Crippen molar-refractivity contribution in [3.05, 3.63) is 43.8 Å². The Bertz CT molecular complexity index is 785. The number of benzene rings is 1. The predicted octanol–water partition coefficient (Wildman–Crippen LogP) is 5.97. The predicted molar refractivity (Wildman–Crippen MR) is 82.9 cm³/mol. The Morgan fingerprint density at radius 2 is 1.74 bits per heavy atom. The van der Waals surface area contributed by atoms with E-state index in [1.54, 1.807) is 18.2 Å². The fourth-order valence-corrected chi connectivity index (χ4v) is 3.51. The Morgan fingerprint density at radius 3 is 2.42 bits per heavy atom. The molecule has 0 radical (unpaired) electrons. The highest BCUT2D eigenvalue weighted by Crippen LogP contribution is 2.36. The molecule has 2 aromatic heterocycles. The van der Waals surface area contributed by atoms with E-state index < -0.39 is 0 Å². The van der Waals surface area contributed by atoms with Crippen molar-refractivity contribution in [2.24, 2.45) is 0 Å². The van der Waals surface area contributed by atoms with Crippen LogP contribution in [-0.2, 0) is 0 Å². The average Bonchev–Trinajstić information content (AvgIpc) is 2.76. The first kappa shape index (κ1) is 13.4.